The number of carboxylic acid groups (broad SMARTS) is 2. The second kappa shape index (κ2) is 43.0. The normalized spacial score (nSPS) is 15.2. The van der Waals surface area contributed by atoms with Gasteiger partial charge in [-0.3, -0.25) is 67.1 Å². The summed E-state index contributed by atoms with van der Waals surface area (Å²) in [7, 11) is 0. The third kappa shape index (κ3) is 27.6. The Kier molecular flexibility index (Phi) is 36.3. The smallest absolute Gasteiger partial charge is 0.325 e. The summed E-state index contributed by atoms with van der Waals surface area (Å²) in [5.74, 6) is -15.2. The first kappa shape index (κ1) is 84.5. The number of nitrogens with two attached hydrogens (primary N) is 5. The van der Waals surface area contributed by atoms with Crippen LogP contribution in [0.25, 0.3) is 10.9 Å². The van der Waals surface area contributed by atoms with E-state index in [0.29, 0.717) is 28.5 Å². The molecule has 0 spiro atoms. The average molecular weight is 1410 g/mol. The van der Waals surface area contributed by atoms with Crippen LogP contribution in [-0.2, 0) is 80.0 Å². The number of carbonyl (C=O) groups excluding carboxylic acids is 12. The third-order valence-corrected chi connectivity index (χ3v) is 16.3. The zero-order chi connectivity index (χ0) is 74.9. The number of H-pyrrole nitrogens is 1. The number of aliphatic hydroxyl groups is 1. The summed E-state index contributed by atoms with van der Waals surface area (Å²) in [6.45, 7) is 8.77. The lowest BCUT2D eigenvalue weighted by Crippen LogP contribution is -2.62. The molecule has 554 valence electrons. The number of aromatic amines is 1. The van der Waals surface area contributed by atoms with Crippen LogP contribution in [0.2, 0.25) is 0 Å². The fourth-order valence-electron chi connectivity index (χ4n) is 10.1. The van der Waals surface area contributed by atoms with Crippen LogP contribution in [0, 0.1) is 17.8 Å². The van der Waals surface area contributed by atoms with Crippen LogP contribution in [0.4, 0.5) is 0 Å². The topological polar surface area (TPSA) is 590 Å². The van der Waals surface area contributed by atoms with Gasteiger partial charge < -0.3 is 113 Å². The van der Waals surface area contributed by atoms with E-state index in [4.69, 9.17) is 28.7 Å². The van der Waals surface area contributed by atoms with Crippen molar-refractivity contribution in [3.05, 3.63) is 71.9 Å². The zero-order valence-corrected chi connectivity index (χ0v) is 57.5. The van der Waals surface area contributed by atoms with Gasteiger partial charge in [-0.2, -0.15) is 0 Å². The maximum atomic E-state index is 14.5. The highest BCUT2D eigenvalue weighted by Gasteiger charge is 2.38. The molecule has 0 saturated heterocycles. The highest BCUT2D eigenvalue weighted by molar-refractivity contribution is 6.00. The van der Waals surface area contributed by atoms with Gasteiger partial charge >= 0.3 is 11.9 Å². The summed E-state index contributed by atoms with van der Waals surface area (Å²) in [6.07, 6.45) is -0.499. The van der Waals surface area contributed by atoms with Crippen molar-refractivity contribution in [2.45, 2.75) is 179 Å². The molecule has 0 aliphatic heterocycles. The first-order valence-electron chi connectivity index (χ1n) is 33.2. The van der Waals surface area contributed by atoms with Gasteiger partial charge in [0.2, 0.25) is 70.9 Å². The second-order valence-electron chi connectivity index (χ2n) is 24.9. The number of benzene rings is 2. The molecule has 1 heterocycles. The molecule has 35 nitrogen and oxygen atoms in total. The van der Waals surface area contributed by atoms with E-state index in [-0.39, 0.29) is 70.6 Å². The fraction of sp³-hybridized carbons (Fsp3) is 0.569. The number of carboxylic acids is 2. The van der Waals surface area contributed by atoms with Crippen LogP contribution in [-0.4, -0.2) is 215 Å². The molecule has 26 N–H and O–H groups in total. The SMILES string of the molecule is CC[C@H](C)[C@@H](NC(=O)[C@@H](NC(=O)[C@H](CCC(=O)O)NC(=O)[C@H](Cc1ccccc1)NC(=O)[C@@H](CCN)NC(=O)[C@H](CCN)NC(=O)[C@H](CO)NC(=O)[C@@H](Cc1c[nH]c2ccccc12)NC(=O)[C@@H](CCN)NC(=O)CNC(=O)[C@@H](CCN)NC(=O)[C@H](N)C(C)C)C(C)C)C(=O)N[C@@H](C)C(=O)O. The number of carbonyl (C=O) groups is 14. The van der Waals surface area contributed by atoms with Gasteiger partial charge in [0.25, 0.3) is 0 Å². The highest BCUT2D eigenvalue weighted by Crippen LogP contribution is 2.20. The van der Waals surface area contributed by atoms with Crippen LogP contribution >= 0.6 is 0 Å². The minimum Gasteiger partial charge on any atom is -0.481 e. The predicted octanol–water partition coefficient (Wildman–Crippen LogP) is -5.56. The molecule has 12 amide bonds. The first-order chi connectivity index (χ1) is 47.3. The Balaban J connectivity index is 1.89. The molecule has 2 aromatic carbocycles. The van der Waals surface area contributed by atoms with Crippen molar-refractivity contribution in [2.24, 2.45) is 46.4 Å². The Morgan fingerprint density at radius 3 is 1.36 bits per heavy atom. The summed E-state index contributed by atoms with van der Waals surface area (Å²) >= 11 is 0. The van der Waals surface area contributed by atoms with Gasteiger partial charge in [-0.1, -0.05) is 96.5 Å². The number of hydrogen-bond donors (Lipinski definition) is 21. The van der Waals surface area contributed by atoms with Crippen LogP contribution in [0.5, 0.6) is 0 Å². The number of fused-ring (bicyclic) bond motifs is 1. The van der Waals surface area contributed by atoms with E-state index >= 15 is 0 Å². The van der Waals surface area contributed by atoms with Crippen molar-refractivity contribution in [1.82, 2.24) is 68.8 Å². The number of aromatic nitrogens is 1. The molecule has 100 heavy (non-hydrogen) atoms. The number of amides is 12. The predicted molar refractivity (Wildman–Crippen MR) is 365 cm³/mol. The second-order valence-corrected chi connectivity index (χ2v) is 24.9. The Hall–Kier alpha value is -9.68. The molecule has 3 aromatic rings. The molecule has 3 rings (SSSR count). The van der Waals surface area contributed by atoms with Gasteiger partial charge in [-0.25, -0.2) is 0 Å². The fourth-order valence-corrected chi connectivity index (χ4v) is 10.1. The van der Waals surface area contributed by atoms with Crippen LogP contribution in [0.15, 0.2) is 60.8 Å². The molecule has 1 aromatic heterocycles. The van der Waals surface area contributed by atoms with Crippen molar-refractivity contribution in [2.75, 3.05) is 39.3 Å². The van der Waals surface area contributed by atoms with Crippen molar-refractivity contribution < 1.29 is 82.4 Å². The van der Waals surface area contributed by atoms with Gasteiger partial charge in [0, 0.05) is 36.4 Å². The molecular weight excluding hydrogens is 1300 g/mol. The average Bonchev–Trinajstić information content (AvgIpc) is 1.69. The molecule has 0 unspecified atom stereocenters. The molecule has 13 atom stereocenters. The molecule has 0 bridgehead atoms. The highest BCUT2D eigenvalue weighted by atomic mass is 16.4. The summed E-state index contributed by atoms with van der Waals surface area (Å²) in [5, 5.41) is 60.3. The van der Waals surface area contributed by atoms with Crippen molar-refractivity contribution in [3.8, 4) is 0 Å². The number of aliphatic hydroxyl groups excluding tert-OH is 1. The third-order valence-electron chi connectivity index (χ3n) is 16.3. The number of nitrogens with one attached hydrogen (secondary N) is 13. The van der Waals surface area contributed by atoms with E-state index in [0.717, 1.165) is 0 Å². The Morgan fingerprint density at radius 2 is 0.870 bits per heavy atom. The molecule has 0 aliphatic rings. The van der Waals surface area contributed by atoms with E-state index in [9.17, 15) is 82.4 Å². The Bertz CT molecular complexity index is 3260. The van der Waals surface area contributed by atoms with E-state index in [2.05, 4.69) is 68.8 Å². The quantitative estimate of drug-likeness (QED) is 0.0251. The lowest BCUT2D eigenvalue weighted by atomic mass is 9.96. The Morgan fingerprint density at radius 1 is 0.450 bits per heavy atom. The maximum absolute atomic E-state index is 14.5. The molecule has 35 heteroatoms. The summed E-state index contributed by atoms with van der Waals surface area (Å²) in [6, 6.07) is -2.02. The lowest BCUT2D eigenvalue weighted by Gasteiger charge is -2.30. The van der Waals surface area contributed by atoms with Gasteiger partial charge in [0.05, 0.1) is 19.2 Å². The van der Waals surface area contributed by atoms with Crippen LogP contribution in [0.1, 0.15) is 105 Å². The monoisotopic (exact) mass is 1410 g/mol. The van der Waals surface area contributed by atoms with Gasteiger partial charge in [-0.05, 0) is 100 Å². The van der Waals surface area contributed by atoms with Crippen molar-refractivity contribution >= 4 is 93.7 Å². The first-order valence-corrected chi connectivity index (χ1v) is 33.2. The largest absolute Gasteiger partial charge is 0.481 e. The number of rotatable bonds is 45. The molecule has 0 fully saturated rings. The van der Waals surface area contributed by atoms with Crippen LogP contribution < -0.4 is 92.5 Å². The van der Waals surface area contributed by atoms with Gasteiger partial charge in [0.15, 0.2) is 0 Å². The number of hydrogen-bond acceptors (Lipinski definition) is 20. The van der Waals surface area contributed by atoms with Crippen molar-refractivity contribution in [3.63, 3.8) is 0 Å². The number of para-hydroxylation sites is 1. The summed E-state index contributed by atoms with van der Waals surface area (Å²) in [5.41, 5.74) is 31.0. The zero-order valence-electron chi connectivity index (χ0n) is 57.5. The summed E-state index contributed by atoms with van der Waals surface area (Å²) < 4.78 is 0. The van der Waals surface area contributed by atoms with E-state index < -0.39 is 193 Å². The molecule has 0 aliphatic carbocycles. The maximum Gasteiger partial charge on any atom is 0.325 e. The molecular formula is C65H102N18O17. The number of aliphatic carboxylic acids is 2. The van der Waals surface area contributed by atoms with E-state index in [1.165, 1.54) is 6.92 Å². The minimum absolute atomic E-state index is 0.000495. The van der Waals surface area contributed by atoms with Crippen LogP contribution in [0.3, 0.4) is 0 Å². The standard InChI is InChI=1S/C65H102N18O17/c1-8-35(6)53(64(98)73-36(7)65(99)100)83-63(97)52(34(4)5)82-58(92)41(18-19-50(86)87)75-59(93)46(28-37-14-10-9-11-15-37)79-57(91)45(23-27-69)76-56(90)44(22-26-68)77-61(95)48(32-84)81-60(94)47(29-38-30-71-40-17-13-12-16-39(38)40)80-55(89)43(21-25-67)74-49(85)31-72-54(88)42(20-24-66)78-62(96)51(70)33(2)3/h9-17,30,33-36,41-48,51-53,71,84H,8,18-29,31-32,66-70H2,1-7H3,(H,72,88)(H,73,98)(H,74,85)(H,75,93)(H,76,90)(H,77,95)(H,78,96)(H,79,91)(H,80,89)(H,81,94)(H,82,92)(H,83,97)(H,86,87)(H,99,100)/t35-,36-,41-,42+,43+,44-,45+,46-,47+,48-,51+,52-,53+/m0/s1. The summed E-state index contributed by atoms with van der Waals surface area (Å²) in [4.78, 5) is 193. The minimum atomic E-state index is -1.83. The lowest BCUT2D eigenvalue weighted by molar-refractivity contribution is -0.142. The van der Waals surface area contributed by atoms with E-state index in [1.54, 1.807) is 102 Å². The van der Waals surface area contributed by atoms with Gasteiger partial charge in [0.1, 0.15) is 66.5 Å². The van der Waals surface area contributed by atoms with Crippen molar-refractivity contribution in [1.29, 1.82) is 0 Å². The van der Waals surface area contributed by atoms with E-state index in [1.807, 2.05) is 0 Å². The molecule has 0 saturated carbocycles. The van der Waals surface area contributed by atoms with Gasteiger partial charge in [-0.15, -0.1) is 0 Å². The Labute approximate surface area is 579 Å². The molecule has 0 radical (unpaired) electrons.